The van der Waals surface area contributed by atoms with Crippen LogP contribution in [-0.2, 0) is 14.8 Å². The van der Waals surface area contributed by atoms with E-state index in [0.29, 0.717) is 18.1 Å². The molecule has 20 heavy (non-hydrogen) atoms. The molecule has 2 rings (SSSR count). The molecule has 1 aliphatic heterocycles. The van der Waals surface area contributed by atoms with Crippen molar-refractivity contribution in [3.63, 3.8) is 0 Å². The summed E-state index contributed by atoms with van der Waals surface area (Å²) in [7, 11) is -2.43. The third kappa shape index (κ3) is 3.42. The molecule has 1 aromatic rings. The Hall–Kier alpha value is -0.860. The maximum Gasteiger partial charge on any atom is 0.244 e. The molecular formula is C12H16ClNO5S. The SMILES string of the molecule is COc1cc(Cl)ccc1S(=O)(=O)NCC1(O)CCOC1. The van der Waals surface area contributed by atoms with Crippen molar-refractivity contribution in [1.29, 1.82) is 0 Å². The third-order valence-electron chi connectivity index (χ3n) is 3.09. The number of benzene rings is 1. The van der Waals surface area contributed by atoms with Crippen molar-refractivity contribution < 1.29 is 23.0 Å². The first-order valence-electron chi connectivity index (χ1n) is 6.00. The number of ether oxygens (including phenoxy) is 2. The lowest BCUT2D eigenvalue weighted by molar-refractivity contribution is 0.0314. The average molecular weight is 322 g/mol. The number of aliphatic hydroxyl groups is 1. The summed E-state index contributed by atoms with van der Waals surface area (Å²) < 4.78 is 36.9. The van der Waals surface area contributed by atoms with E-state index in [1.807, 2.05) is 0 Å². The fourth-order valence-corrected chi connectivity index (χ4v) is 3.34. The molecule has 112 valence electrons. The van der Waals surface area contributed by atoms with Gasteiger partial charge < -0.3 is 14.6 Å². The molecule has 2 N–H and O–H groups in total. The first-order chi connectivity index (χ1) is 9.36. The van der Waals surface area contributed by atoms with Gasteiger partial charge in [-0.05, 0) is 12.1 Å². The molecule has 0 aliphatic carbocycles. The van der Waals surface area contributed by atoms with Crippen molar-refractivity contribution in [2.45, 2.75) is 16.9 Å². The fraction of sp³-hybridized carbons (Fsp3) is 0.500. The van der Waals surface area contributed by atoms with Gasteiger partial charge >= 0.3 is 0 Å². The zero-order valence-corrected chi connectivity index (χ0v) is 12.5. The molecule has 0 saturated carbocycles. The normalized spacial score (nSPS) is 22.9. The van der Waals surface area contributed by atoms with Crippen molar-refractivity contribution >= 4 is 21.6 Å². The predicted octanol–water partition coefficient (Wildman–Crippen LogP) is 0.778. The van der Waals surface area contributed by atoms with Gasteiger partial charge in [-0.25, -0.2) is 13.1 Å². The molecule has 1 aliphatic rings. The summed E-state index contributed by atoms with van der Waals surface area (Å²) in [6.07, 6.45) is 0.396. The highest BCUT2D eigenvalue weighted by molar-refractivity contribution is 7.89. The Balaban J connectivity index is 2.18. The van der Waals surface area contributed by atoms with Crippen LogP contribution in [0.4, 0.5) is 0 Å². The number of sulfonamides is 1. The van der Waals surface area contributed by atoms with E-state index < -0.39 is 15.6 Å². The van der Waals surface area contributed by atoms with Crippen LogP contribution in [0.5, 0.6) is 5.75 Å². The molecule has 0 radical (unpaired) electrons. The molecule has 1 unspecified atom stereocenters. The van der Waals surface area contributed by atoms with Crippen LogP contribution >= 0.6 is 11.6 Å². The van der Waals surface area contributed by atoms with Crippen molar-refractivity contribution in [2.24, 2.45) is 0 Å². The van der Waals surface area contributed by atoms with Gasteiger partial charge in [0.05, 0.1) is 13.7 Å². The van der Waals surface area contributed by atoms with Crippen molar-refractivity contribution in [1.82, 2.24) is 4.72 Å². The van der Waals surface area contributed by atoms with E-state index in [1.165, 1.54) is 25.3 Å². The first kappa shape index (κ1) is 15.5. The van der Waals surface area contributed by atoms with Gasteiger partial charge in [-0.1, -0.05) is 11.6 Å². The van der Waals surface area contributed by atoms with Gasteiger partial charge in [0.1, 0.15) is 16.2 Å². The Labute approximate surface area is 122 Å². The topological polar surface area (TPSA) is 84.9 Å². The molecule has 0 bridgehead atoms. The largest absolute Gasteiger partial charge is 0.495 e. The molecular weight excluding hydrogens is 306 g/mol. The molecule has 6 nitrogen and oxygen atoms in total. The molecule has 1 heterocycles. The molecule has 1 saturated heterocycles. The van der Waals surface area contributed by atoms with Crippen LogP contribution in [0.3, 0.4) is 0 Å². The number of nitrogens with one attached hydrogen (secondary N) is 1. The van der Waals surface area contributed by atoms with Gasteiger partial charge in [0.25, 0.3) is 0 Å². The second-order valence-corrected chi connectivity index (χ2v) is 6.82. The average Bonchev–Trinajstić information content (AvgIpc) is 2.84. The maximum absolute atomic E-state index is 12.2. The monoisotopic (exact) mass is 321 g/mol. The Morgan fingerprint density at radius 3 is 2.90 bits per heavy atom. The number of methoxy groups -OCH3 is 1. The number of rotatable bonds is 5. The van der Waals surface area contributed by atoms with E-state index in [4.69, 9.17) is 21.1 Å². The van der Waals surface area contributed by atoms with Crippen LogP contribution in [0.1, 0.15) is 6.42 Å². The minimum absolute atomic E-state index is 0.0214. The maximum atomic E-state index is 12.2. The van der Waals surface area contributed by atoms with E-state index >= 15 is 0 Å². The zero-order chi connectivity index (χ0) is 14.8. The summed E-state index contributed by atoms with van der Waals surface area (Å²) in [6.45, 7) is 0.427. The Bertz CT molecular complexity index is 584. The minimum Gasteiger partial charge on any atom is -0.495 e. The summed E-state index contributed by atoms with van der Waals surface area (Å²) in [6, 6.07) is 4.24. The van der Waals surface area contributed by atoms with Gasteiger partial charge in [0, 0.05) is 30.7 Å². The van der Waals surface area contributed by atoms with Crippen molar-refractivity contribution in [3.05, 3.63) is 23.2 Å². The number of halogens is 1. The van der Waals surface area contributed by atoms with Crippen molar-refractivity contribution in [2.75, 3.05) is 26.9 Å². The van der Waals surface area contributed by atoms with Crippen LogP contribution in [0.15, 0.2) is 23.1 Å². The fourth-order valence-electron chi connectivity index (χ4n) is 1.91. The summed E-state index contributed by atoms with van der Waals surface area (Å²) in [5.41, 5.74) is -1.16. The summed E-state index contributed by atoms with van der Waals surface area (Å²) in [4.78, 5) is -0.0214. The highest BCUT2D eigenvalue weighted by Crippen LogP contribution is 2.27. The lowest BCUT2D eigenvalue weighted by Crippen LogP contribution is -2.43. The van der Waals surface area contributed by atoms with Crippen LogP contribution in [-0.4, -0.2) is 46.0 Å². The van der Waals surface area contributed by atoms with E-state index in [2.05, 4.69) is 4.72 Å². The minimum atomic E-state index is -3.79. The first-order valence-corrected chi connectivity index (χ1v) is 7.86. The molecule has 0 spiro atoms. The van der Waals surface area contributed by atoms with Crippen LogP contribution in [0, 0.1) is 0 Å². The molecule has 0 amide bonds. The Kier molecular flexibility index (Phi) is 4.55. The molecule has 1 atom stereocenters. The highest BCUT2D eigenvalue weighted by atomic mass is 35.5. The lowest BCUT2D eigenvalue weighted by atomic mass is 10.1. The van der Waals surface area contributed by atoms with Crippen LogP contribution in [0.25, 0.3) is 0 Å². The third-order valence-corrected chi connectivity index (χ3v) is 4.76. The summed E-state index contributed by atoms with van der Waals surface area (Å²) in [5.74, 6) is 0.152. The lowest BCUT2D eigenvalue weighted by Gasteiger charge is -2.21. The number of hydrogen-bond acceptors (Lipinski definition) is 5. The van der Waals surface area contributed by atoms with E-state index in [0.717, 1.165) is 0 Å². The second-order valence-electron chi connectivity index (χ2n) is 4.65. The van der Waals surface area contributed by atoms with Gasteiger partial charge in [-0.3, -0.25) is 0 Å². The van der Waals surface area contributed by atoms with Crippen LogP contribution in [0.2, 0.25) is 5.02 Å². The summed E-state index contributed by atoms with van der Waals surface area (Å²) in [5, 5.41) is 10.4. The smallest absolute Gasteiger partial charge is 0.244 e. The molecule has 0 aromatic heterocycles. The predicted molar refractivity (Wildman–Crippen MR) is 73.6 cm³/mol. The highest BCUT2D eigenvalue weighted by Gasteiger charge is 2.34. The second kappa shape index (κ2) is 5.87. The molecule has 8 heteroatoms. The summed E-state index contributed by atoms with van der Waals surface area (Å²) >= 11 is 5.80. The molecule has 1 fully saturated rings. The van der Waals surface area contributed by atoms with Gasteiger partial charge in [-0.15, -0.1) is 0 Å². The zero-order valence-electron chi connectivity index (χ0n) is 10.9. The van der Waals surface area contributed by atoms with E-state index in [-0.39, 0.29) is 23.8 Å². The quantitative estimate of drug-likeness (QED) is 0.837. The van der Waals surface area contributed by atoms with Gasteiger partial charge in [-0.2, -0.15) is 0 Å². The van der Waals surface area contributed by atoms with E-state index in [9.17, 15) is 13.5 Å². The molecule has 1 aromatic carbocycles. The van der Waals surface area contributed by atoms with Gasteiger partial charge in [0.2, 0.25) is 10.0 Å². The van der Waals surface area contributed by atoms with Crippen LogP contribution < -0.4 is 9.46 Å². The van der Waals surface area contributed by atoms with Gasteiger partial charge in [0.15, 0.2) is 0 Å². The Morgan fingerprint density at radius 2 is 2.30 bits per heavy atom. The Morgan fingerprint density at radius 1 is 1.55 bits per heavy atom. The number of hydrogen-bond donors (Lipinski definition) is 2. The van der Waals surface area contributed by atoms with E-state index in [1.54, 1.807) is 0 Å². The van der Waals surface area contributed by atoms with Crippen molar-refractivity contribution in [3.8, 4) is 5.75 Å². The standard InChI is InChI=1S/C12H16ClNO5S/c1-18-10-6-9(13)2-3-11(10)20(16,17)14-7-12(15)4-5-19-8-12/h2-3,6,14-15H,4-5,7-8H2,1H3.